The molecule has 0 aliphatic rings. The number of hydrogen-bond donors (Lipinski definition) is 2. The highest BCUT2D eigenvalue weighted by atomic mass is 32.2. The quantitative estimate of drug-likeness (QED) is 0.326. The molecular formula is C9H20O2S4. The van der Waals surface area contributed by atoms with Crippen LogP contribution in [0, 0.1) is 0 Å². The van der Waals surface area contributed by atoms with Crippen LogP contribution in [0.3, 0.4) is 0 Å². The van der Waals surface area contributed by atoms with Crippen LogP contribution >= 0.6 is 48.8 Å². The van der Waals surface area contributed by atoms with Crippen molar-refractivity contribution in [2.75, 3.05) is 54.5 Å². The van der Waals surface area contributed by atoms with Gasteiger partial charge in [-0.2, -0.15) is 48.8 Å². The Morgan fingerprint density at radius 1 is 0.733 bits per heavy atom. The van der Waals surface area contributed by atoms with Crippen molar-refractivity contribution >= 4 is 48.8 Å². The Balaban J connectivity index is 2.81. The van der Waals surface area contributed by atoms with E-state index >= 15 is 0 Å². The first-order valence-corrected chi connectivity index (χ1v) is 8.52. The zero-order chi connectivity index (χ0) is 11.2. The number of thioether (sulfide) groups is 2. The Kier molecular flexibility index (Phi) is 16.7. The van der Waals surface area contributed by atoms with Gasteiger partial charge in [-0.05, 0) is 11.5 Å². The summed E-state index contributed by atoms with van der Waals surface area (Å²) in [4.78, 5) is 0. The fourth-order valence-corrected chi connectivity index (χ4v) is 2.66. The van der Waals surface area contributed by atoms with Gasteiger partial charge in [0.25, 0.3) is 0 Å². The number of ether oxygens (including phenoxy) is 2. The van der Waals surface area contributed by atoms with Gasteiger partial charge in [-0.1, -0.05) is 0 Å². The van der Waals surface area contributed by atoms with E-state index in [1.54, 1.807) is 0 Å². The molecule has 0 bridgehead atoms. The van der Waals surface area contributed by atoms with Crippen molar-refractivity contribution in [2.24, 2.45) is 0 Å². The molecule has 92 valence electrons. The molecule has 0 saturated heterocycles. The van der Waals surface area contributed by atoms with Crippen LogP contribution in [-0.2, 0) is 9.47 Å². The number of hydrogen-bond acceptors (Lipinski definition) is 6. The van der Waals surface area contributed by atoms with E-state index in [9.17, 15) is 0 Å². The second kappa shape index (κ2) is 15.3. The first kappa shape index (κ1) is 16.3. The third-order valence-corrected chi connectivity index (χ3v) is 4.33. The van der Waals surface area contributed by atoms with E-state index in [1.807, 2.05) is 23.5 Å². The summed E-state index contributed by atoms with van der Waals surface area (Å²) in [5.41, 5.74) is 0. The lowest BCUT2D eigenvalue weighted by Gasteiger charge is -2.05. The van der Waals surface area contributed by atoms with Crippen LogP contribution in [-0.4, -0.2) is 54.5 Å². The average Bonchev–Trinajstić information content (AvgIpc) is 2.26. The van der Waals surface area contributed by atoms with Crippen LogP contribution in [0.25, 0.3) is 0 Å². The summed E-state index contributed by atoms with van der Waals surface area (Å²) >= 11 is 12.0. The molecule has 2 nitrogen and oxygen atoms in total. The van der Waals surface area contributed by atoms with E-state index in [4.69, 9.17) is 9.47 Å². The predicted octanol–water partition coefficient (Wildman–Crippen LogP) is 2.30. The minimum atomic E-state index is 0.420. The molecule has 0 rings (SSSR count). The summed E-state index contributed by atoms with van der Waals surface area (Å²) in [6.07, 6.45) is 0. The molecule has 0 amide bonds. The van der Waals surface area contributed by atoms with Gasteiger partial charge < -0.3 is 9.47 Å². The molecular weight excluding hydrogens is 268 g/mol. The Morgan fingerprint density at radius 2 is 1.20 bits per heavy atom. The lowest BCUT2D eigenvalue weighted by molar-refractivity contribution is -0.0426. The normalized spacial score (nSPS) is 10.8. The molecule has 0 radical (unpaired) electrons. The summed E-state index contributed by atoms with van der Waals surface area (Å²) < 4.78 is 10.6. The second-order valence-corrected chi connectivity index (χ2v) is 5.95. The van der Waals surface area contributed by atoms with Gasteiger partial charge in [0.1, 0.15) is 6.79 Å². The number of rotatable bonds is 12. The molecule has 0 aromatic heterocycles. The van der Waals surface area contributed by atoms with Crippen molar-refractivity contribution in [3.8, 4) is 0 Å². The Morgan fingerprint density at radius 3 is 1.60 bits per heavy atom. The summed E-state index contributed by atoms with van der Waals surface area (Å²) in [6, 6.07) is 0. The van der Waals surface area contributed by atoms with Crippen molar-refractivity contribution in [3.05, 3.63) is 0 Å². The van der Waals surface area contributed by atoms with Gasteiger partial charge in [-0.3, -0.25) is 0 Å². The first-order chi connectivity index (χ1) is 7.41. The Bertz CT molecular complexity index is 104. The van der Waals surface area contributed by atoms with Crippen LogP contribution in [0.5, 0.6) is 0 Å². The van der Waals surface area contributed by atoms with Crippen molar-refractivity contribution in [1.82, 2.24) is 0 Å². The van der Waals surface area contributed by atoms with Crippen LogP contribution in [0.2, 0.25) is 0 Å². The average molecular weight is 289 g/mol. The van der Waals surface area contributed by atoms with Crippen molar-refractivity contribution in [2.45, 2.75) is 0 Å². The monoisotopic (exact) mass is 288 g/mol. The van der Waals surface area contributed by atoms with Crippen molar-refractivity contribution in [3.63, 3.8) is 0 Å². The molecule has 0 saturated carbocycles. The fourth-order valence-electron chi connectivity index (χ4n) is 0.746. The largest absolute Gasteiger partial charge is 0.355 e. The van der Waals surface area contributed by atoms with E-state index < -0.39 is 0 Å². The summed E-state index contributed by atoms with van der Waals surface area (Å²) in [5.74, 6) is 6.10. The van der Waals surface area contributed by atoms with Crippen molar-refractivity contribution in [1.29, 1.82) is 0 Å². The van der Waals surface area contributed by atoms with Gasteiger partial charge in [0.05, 0.1) is 13.2 Å². The lowest BCUT2D eigenvalue weighted by Crippen LogP contribution is -2.06. The SMILES string of the molecule is SCCSCCOCOCCSCCS. The van der Waals surface area contributed by atoms with Crippen LogP contribution in [0.1, 0.15) is 0 Å². The Hall–Kier alpha value is 1.32. The highest BCUT2D eigenvalue weighted by Crippen LogP contribution is 2.01. The first-order valence-electron chi connectivity index (χ1n) is 4.94. The molecule has 0 heterocycles. The molecule has 0 spiro atoms. The molecule has 0 aromatic carbocycles. The molecule has 0 aromatic rings. The van der Waals surface area contributed by atoms with Gasteiger partial charge in [0.2, 0.25) is 0 Å². The summed E-state index contributed by atoms with van der Waals surface area (Å²) in [7, 11) is 0. The summed E-state index contributed by atoms with van der Waals surface area (Å²) in [5, 5.41) is 0. The van der Waals surface area contributed by atoms with E-state index in [2.05, 4.69) is 25.3 Å². The minimum Gasteiger partial charge on any atom is -0.355 e. The maximum absolute atomic E-state index is 5.29. The van der Waals surface area contributed by atoms with Crippen LogP contribution < -0.4 is 0 Å². The van der Waals surface area contributed by atoms with Gasteiger partial charge >= 0.3 is 0 Å². The third kappa shape index (κ3) is 15.3. The minimum absolute atomic E-state index is 0.420. The summed E-state index contributed by atoms with van der Waals surface area (Å²) in [6.45, 7) is 1.95. The third-order valence-electron chi connectivity index (χ3n) is 1.38. The van der Waals surface area contributed by atoms with Gasteiger partial charge in [0, 0.05) is 23.0 Å². The molecule has 0 aliphatic heterocycles. The van der Waals surface area contributed by atoms with Gasteiger partial charge in [-0.25, -0.2) is 0 Å². The number of thiol groups is 2. The maximum Gasteiger partial charge on any atom is 0.146 e. The molecule has 15 heavy (non-hydrogen) atoms. The zero-order valence-corrected chi connectivity index (χ0v) is 12.3. The zero-order valence-electron chi connectivity index (χ0n) is 8.89. The lowest BCUT2D eigenvalue weighted by atomic mass is 10.8. The molecule has 6 heteroatoms. The molecule has 0 aliphatic carbocycles. The van der Waals surface area contributed by atoms with Gasteiger partial charge in [-0.15, -0.1) is 0 Å². The van der Waals surface area contributed by atoms with Crippen molar-refractivity contribution < 1.29 is 9.47 Å². The van der Waals surface area contributed by atoms with Crippen LogP contribution in [0.4, 0.5) is 0 Å². The van der Waals surface area contributed by atoms with Crippen LogP contribution in [0.15, 0.2) is 0 Å². The van der Waals surface area contributed by atoms with E-state index in [0.29, 0.717) is 6.79 Å². The standard InChI is InChI=1S/C9H20O2S4/c12-3-7-14-5-1-10-9-11-2-6-15-8-4-13/h12-13H,1-9H2. The fraction of sp³-hybridized carbons (Fsp3) is 1.00. The van der Waals surface area contributed by atoms with Gasteiger partial charge in [0.15, 0.2) is 0 Å². The van der Waals surface area contributed by atoms with E-state index in [-0.39, 0.29) is 0 Å². The molecule has 0 fully saturated rings. The maximum atomic E-state index is 5.29. The highest BCUT2D eigenvalue weighted by molar-refractivity contribution is 8.00. The second-order valence-electron chi connectivity index (χ2n) is 2.61. The Labute approximate surface area is 112 Å². The highest BCUT2D eigenvalue weighted by Gasteiger charge is 1.91. The van der Waals surface area contributed by atoms with E-state index in [1.165, 1.54) is 0 Å². The molecule has 0 unspecified atom stereocenters. The molecule has 0 N–H and O–H groups in total. The van der Waals surface area contributed by atoms with E-state index in [0.717, 1.165) is 47.7 Å². The predicted molar refractivity (Wildman–Crippen MR) is 79.1 cm³/mol. The topological polar surface area (TPSA) is 18.5 Å². The molecule has 0 atom stereocenters. The smallest absolute Gasteiger partial charge is 0.146 e.